The molecular weight excluding hydrogens is 270 g/mol. The van der Waals surface area contributed by atoms with E-state index in [2.05, 4.69) is 37.5 Å². The van der Waals surface area contributed by atoms with Crippen LogP contribution in [-0.2, 0) is 4.74 Å². The van der Waals surface area contributed by atoms with Crippen molar-refractivity contribution in [3.63, 3.8) is 0 Å². The van der Waals surface area contributed by atoms with Crippen LogP contribution in [0.3, 0.4) is 0 Å². The maximum atomic E-state index is 5.47. The van der Waals surface area contributed by atoms with E-state index in [-0.39, 0.29) is 0 Å². The summed E-state index contributed by atoms with van der Waals surface area (Å²) in [5.74, 6) is 7.79. The lowest BCUT2D eigenvalue weighted by molar-refractivity contribution is 0.122. The summed E-state index contributed by atoms with van der Waals surface area (Å²) in [6.07, 6.45) is 3.87. The van der Waals surface area contributed by atoms with Crippen LogP contribution < -0.4 is 21.5 Å². The molecule has 116 valence electrons. The van der Waals surface area contributed by atoms with E-state index in [1.54, 1.807) is 0 Å². The Labute approximate surface area is 124 Å². The molecule has 1 aliphatic heterocycles. The fourth-order valence-corrected chi connectivity index (χ4v) is 2.66. The molecule has 2 fully saturated rings. The van der Waals surface area contributed by atoms with Gasteiger partial charge in [-0.3, -0.25) is 5.43 Å². The molecule has 1 atom stereocenters. The number of hydrogen-bond donors (Lipinski definition) is 3. The van der Waals surface area contributed by atoms with E-state index in [1.807, 2.05) is 0 Å². The van der Waals surface area contributed by atoms with Gasteiger partial charge in [-0.2, -0.15) is 15.0 Å². The predicted octanol–water partition coefficient (Wildman–Crippen LogP) is 0.594. The van der Waals surface area contributed by atoms with Crippen LogP contribution in [0, 0.1) is 5.92 Å². The van der Waals surface area contributed by atoms with Crippen LogP contribution in [0.1, 0.15) is 26.2 Å². The molecule has 2 aliphatic rings. The van der Waals surface area contributed by atoms with Gasteiger partial charge in [-0.05, 0) is 25.7 Å². The first kappa shape index (κ1) is 14.3. The Bertz CT molecular complexity index is 474. The van der Waals surface area contributed by atoms with Crippen LogP contribution in [0.4, 0.5) is 17.8 Å². The minimum Gasteiger partial charge on any atom is -0.378 e. The largest absolute Gasteiger partial charge is 0.378 e. The van der Waals surface area contributed by atoms with Gasteiger partial charge >= 0.3 is 0 Å². The summed E-state index contributed by atoms with van der Waals surface area (Å²) in [7, 11) is 0. The Morgan fingerprint density at radius 3 is 2.52 bits per heavy atom. The standard InChI is InChI=1S/C13H23N7O/c1-9(10-3-2-4-10)15-11-16-12(19-14)18-13(17-11)20-5-7-21-8-6-20/h9-10H,2-8,14H2,1H3,(H2,15,16,17,18,19). The van der Waals surface area contributed by atoms with Gasteiger partial charge in [0.05, 0.1) is 13.2 Å². The van der Waals surface area contributed by atoms with E-state index in [0.29, 0.717) is 43.0 Å². The highest BCUT2D eigenvalue weighted by Crippen LogP contribution is 2.30. The van der Waals surface area contributed by atoms with Crippen molar-refractivity contribution < 1.29 is 4.74 Å². The first-order chi connectivity index (χ1) is 10.3. The molecule has 1 saturated heterocycles. The zero-order valence-electron chi connectivity index (χ0n) is 12.4. The molecule has 8 nitrogen and oxygen atoms in total. The number of nitrogen functional groups attached to an aromatic ring is 1. The number of nitrogens with two attached hydrogens (primary N) is 1. The van der Waals surface area contributed by atoms with E-state index in [1.165, 1.54) is 19.3 Å². The summed E-state index contributed by atoms with van der Waals surface area (Å²) >= 11 is 0. The molecular formula is C13H23N7O. The van der Waals surface area contributed by atoms with Crippen molar-refractivity contribution in [1.29, 1.82) is 0 Å². The normalized spacial score (nSPS) is 20.8. The average Bonchev–Trinajstić information content (AvgIpc) is 2.46. The topological polar surface area (TPSA) is 101 Å². The highest BCUT2D eigenvalue weighted by atomic mass is 16.5. The number of morpholine rings is 1. The fraction of sp³-hybridized carbons (Fsp3) is 0.769. The third-order valence-electron chi connectivity index (χ3n) is 4.26. The van der Waals surface area contributed by atoms with Crippen LogP contribution >= 0.6 is 0 Å². The molecule has 2 heterocycles. The number of anilines is 3. The lowest BCUT2D eigenvalue weighted by Gasteiger charge is -2.32. The van der Waals surface area contributed by atoms with Gasteiger partial charge in [-0.15, -0.1) is 0 Å². The van der Waals surface area contributed by atoms with Crippen molar-refractivity contribution >= 4 is 17.8 Å². The Morgan fingerprint density at radius 1 is 1.19 bits per heavy atom. The van der Waals surface area contributed by atoms with Gasteiger partial charge in [0, 0.05) is 19.1 Å². The number of hydrazine groups is 1. The summed E-state index contributed by atoms with van der Waals surface area (Å²) in [4.78, 5) is 15.2. The van der Waals surface area contributed by atoms with Crippen LogP contribution in [0.5, 0.6) is 0 Å². The maximum Gasteiger partial charge on any atom is 0.243 e. The monoisotopic (exact) mass is 293 g/mol. The zero-order chi connectivity index (χ0) is 14.7. The highest BCUT2D eigenvalue weighted by molar-refractivity contribution is 5.44. The number of nitrogens with zero attached hydrogens (tertiary/aromatic N) is 4. The number of ether oxygens (including phenoxy) is 1. The molecule has 21 heavy (non-hydrogen) atoms. The molecule has 0 bridgehead atoms. The molecule has 0 spiro atoms. The van der Waals surface area contributed by atoms with Crippen molar-refractivity contribution in [3.8, 4) is 0 Å². The molecule has 3 rings (SSSR count). The Hall–Kier alpha value is -1.67. The van der Waals surface area contributed by atoms with Crippen molar-refractivity contribution in [3.05, 3.63) is 0 Å². The highest BCUT2D eigenvalue weighted by Gasteiger charge is 2.25. The van der Waals surface area contributed by atoms with Crippen molar-refractivity contribution in [1.82, 2.24) is 15.0 Å². The van der Waals surface area contributed by atoms with E-state index in [4.69, 9.17) is 10.6 Å². The molecule has 1 saturated carbocycles. The quantitative estimate of drug-likeness (QED) is 0.536. The molecule has 1 aromatic heterocycles. The third kappa shape index (κ3) is 3.33. The predicted molar refractivity (Wildman–Crippen MR) is 81.1 cm³/mol. The van der Waals surface area contributed by atoms with Crippen molar-refractivity contribution in [2.24, 2.45) is 11.8 Å². The third-order valence-corrected chi connectivity index (χ3v) is 4.26. The maximum absolute atomic E-state index is 5.47. The second kappa shape index (κ2) is 6.40. The van der Waals surface area contributed by atoms with Gasteiger partial charge < -0.3 is 15.0 Å². The van der Waals surface area contributed by atoms with Crippen molar-refractivity contribution in [2.45, 2.75) is 32.2 Å². The number of nitrogens with one attached hydrogen (secondary N) is 2. The molecule has 0 radical (unpaired) electrons. The fourth-order valence-electron chi connectivity index (χ4n) is 2.66. The van der Waals surface area contributed by atoms with Gasteiger partial charge in [-0.25, -0.2) is 5.84 Å². The number of hydrogen-bond acceptors (Lipinski definition) is 8. The summed E-state index contributed by atoms with van der Waals surface area (Å²) in [5.41, 5.74) is 2.52. The second-order valence-electron chi connectivity index (χ2n) is 5.65. The molecule has 4 N–H and O–H groups in total. The second-order valence-corrected chi connectivity index (χ2v) is 5.65. The Balaban J connectivity index is 1.75. The number of rotatable bonds is 5. The molecule has 1 aromatic rings. The van der Waals surface area contributed by atoms with E-state index >= 15 is 0 Å². The Kier molecular flexibility index (Phi) is 4.35. The van der Waals surface area contributed by atoms with Crippen LogP contribution in [-0.4, -0.2) is 47.3 Å². The van der Waals surface area contributed by atoms with E-state index < -0.39 is 0 Å². The van der Waals surface area contributed by atoms with E-state index in [9.17, 15) is 0 Å². The summed E-state index contributed by atoms with van der Waals surface area (Å²) < 4.78 is 5.36. The lowest BCUT2D eigenvalue weighted by Crippen LogP contribution is -2.38. The molecule has 0 aromatic carbocycles. The Morgan fingerprint density at radius 2 is 1.90 bits per heavy atom. The van der Waals surface area contributed by atoms with Crippen LogP contribution in [0.15, 0.2) is 0 Å². The van der Waals surface area contributed by atoms with Crippen LogP contribution in [0.2, 0.25) is 0 Å². The van der Waals surface area contributed by atoms with Gasteiger partial charge in [0.15, 0.2) is 0 Å². The molecule has 0 amide bonds. The van der Waals surface area contributed by atoms with Gasteiger partial charge in [0.1, 0.15) is 0 Å². The number of aromatic nitrogens is 3. The van der Waals surface area contributed by atoms with Gasteiger partial charge in [0.25, 0.3) is 0 Å². The first-order valence-electron chi connectivity index (χ1n) is 7.58. The summed E-state index contributed by atoms with van der Waals surface area (Å²) in [5, 5.41) is 3.38. The van der Waals surface area contributed by atoms with Crippen molar-refractivity contribution in [2.75, 3.05) is 41.9 Å². The molecule has 8 heteroatoms. The minimum absolute atomic E-state index is 0.365. The van der Waals surface area contributed by atoms with Crippen LogP contribution in [0.25, 0.3) is 0 Å². The lowest BCUT2D eigenvalue weighted by atomic mass is 9.80. The molecule has 1 aliphatic carbocycles. The van der Waals surface area contributed by atoms with E-state index in [0.717, 1.165) is 13.1 Å². The minimum atomic E-state index is 0.365. The first-order valence-corrected chi connectivity index (χ1v) is 7.58. The average molecular weight is 293 g/mol. The smallest absolute Gasteiger partial charge is 0.243 e. The molecule has 1 unspecified atom stereocenters. The summed E-state index contributed by atoms with van der Waals surface area (Å²) in [6, 6.07) is 0.365. The van der Waals surface area contributed by atoms with Gasteiger partial charge in [0.2, 0.25) is 17.8 Å². The van der Waals surface area contributed by atoms with Gasteiger partial charge in [-0.1, -0.05) is 6.42 Å². The SMILES string of the molecule is CC(Nc1nc(NN)nc(N2CCOCC2)n1)C1CCC1. The summed E-state index contributed by atoms with van der Waals surface area (Å²) in [6.45, 7) is 5.13. The zero-order valence-corrected chi connectivity index (χ0v) is 12.4.